The van der Waals surface area contributed by atoms with Gasteiger partial charge in [-0.2, -0.15) is 0 Å². The Morgan fingerprint density at radius 3 is 2.38 bits per heavy atom. The van der Waals surface area contributed by atoms with Gasteiger partial charge in [-0.3, -0.25) is 9.59 Å². The van der Waals surface area contributed by atoms with E-state index in [0.717, 1.165) is 12.8 Å². The molecule has 2 aromatic rings. The Labute approximate surface area is 154 Å². The van der Waals surface area contributed by atoms with Crippen LogP contribution in [0.2, 0.25) is 0 Å². The van der Waals surface area contributed by atoms with Crippen LogP contribution in [0.1, 0.15) is 54.3 Å². The van der Waals surface area contributed by atoms with Gasteiger partial charge < -0.3 is 15.4 Å². The van der Waals surface area contributed by atoms with Crippen LogP contribution in [0.5, 0.6) is 5.75 Å². The number of benzene rings is 2. The predicted molar refractivity (Wildman–Crippen MR) is 104 cm³/mol. The van der Waals surface area contributed by atoms with Gasteiger partial charge >= 0.3 is 0 Å². The van der Waals surface area contributed by atoms with Gasteiger partial charge in [-0.05, 0) is 56.2 Å². The zero-order valence-electron chi connectivity index (χ0n) is 15.5. The van der Waals surface area contributed by atoms with E-state index in [1.165, 1.54) is 0 Å². The Morgan fingerprint density at radius 1 is 1.00 bits per heavy atom. The van der Waals surface area contributed by atoms with Gasteiger partial charge in [0.25, 0.3) is 11.8 Å². The zero-order chi connectivity index (χ0) is 18.9. The molecule has 0 radical (unpaired) electrons. The molecule has 0 saturated carbocycles. The van der Waals surface area contributed by atoms with Crippen molar-refractivity contribution in [1.82, 2.24) is 5.32 Å². The highest BCUT2D eigenvalue weighted by molar-refractivity contribution is 6.05. The van der Waals surface area contributed by atoms with E-state index in [1.54, 1.807) is 42.5 Å². The summed E-state index contributed by atoms with van der Waals surface area (Å²) in [5.41, 5.74) is 1.60. The predicted octanol–water partition coefficient (Wildman–Crippen LogP) is 4.26. The topological polar surface area (TPSA) is 67.4 Å². The first-order valence-electron chi connectivity index (χ1n) is 8.98. The van der Waals surface area contributed by atoms with Crippen LogP contribution in [-0.4, -0.2) is 24.5 Å². The fourth-order valence-corrected chi connectivity index (χ4v) is 2.30. The first kappa shape index (κ1) is 19.5. The molecule has 0 aliphatic carbocycles. The smallest absolute Gasteiger partial charge is 0.255 e. The maximum atomic E-state index is 12.5. The van der Waals surface area contributed by atoms with Crippen molar-refractivity contribution in [2.24, 2.45) is 0 Å². The van der Waals surface area contributed by atoms with Crippen molar-refractivity contribution in [3.05, 3.63) is 59.7 Å². The number of anilines is 1. The van der Waals surface area contributed by atoms with Crippen molar-refractivity contribution < 1.29 is 14.3 Å². The van der Waals surface area contributed by atoms with Gasteiger partial charge in [0, 0.05) is 22.9 Å². The van der Waals surface area contributed by atoms with E-state index in [9.17, 15) is 9.59 Å². The van der Waals surface area contributed by atoms with E-state index in [0.29, 0.717) is 29.2 Å². The van der Waals surface area contributed by atoms with Crippen molar-refractivity contribution in [3.63, 3.8) is 0 Å². The van der Waals surface area contributed by atoms with Crippen LogP contribution in [0.3, 0.4) is 0 Å². The molecule has 26 heavy (non-hydrogen) atoms. The van der Waals surface area contributed by atoms with Crippen molar-refractivity contribution in [2.45, 2.75) is 39.7 Å². The molecule has 0 aliphatic heterocycles. The number of hydrogen-bond donors (Lipinski definition) is 2. The first-order valence-corrected chi connectivity index (χ1v) is 8.98. The number of hydrogen-bond acceptors (Lipinski definition) is 3. The molecule has 2 aromatic carbocycles. The fraction of sp³-hybridized carbons (Fsp3) is 0.333. The molecule has 2 amide bonds. The molecule has 0 bridgehead atoms. The SMILES string of the molecule is CCCOc1cccc(C(=O)Nc2cccc(C(=O)N[C@@H](C)CC)c2)c1. The molecule has 0 fully saturated rings. The minimum Gasteiger partial charge on any atom is -0.494 e. The lowest BCUT2D eigenvalue weighted by Crippen LogP contribution is -2.31. The van der Waals surface area contributed by atoms with E-state index in [2.05, 4.69) is 10.6 Å². The lowest BCUT2D eigenvalue weighted by Gasteiger charge is -2.12. The maximum absolute atomic E-state index is 12.5. The molecular weight excluding hydrogens is 328 g/mol. The monoisotopic (exact) mass is 354 g/mol. The van der Waals surface area contributed by atoms with Crippen LogP contribution in [0.15, 0.2) is 48.5 Å². The molecule has 0 aliphatic rings. The van der Waals surface area contributed by atoms with Crippen molar-refractivity contribution in [1.29, 1.82) is 0 Å². The van der Waals surface area contributed by atoms with E-state index in [-0.39, 0.29) is 17.9 Å². The van der Waals surface area contributed by atoms with Crippen molar-refractivity contribution >= 4 is 17.5 Å². The second-order valence-corrected chi connectivity index (χ2v) is 6.19. The quantitative estimate of drug-likeness (QED) is 0.744. The Hall–Kier alpha value is -2.82. The third-order valence-corrected chi connectivity index (χ3v) is 3.94. The molecule has 138 valence electrons. The lowest BCUT2D eigenvalue weighted by atomic mass is 10.1. The second-order valence-electron chi connectivity index (χ2n) is 6.19. The molecule has 0 spiro atoms. The Balaban J connectivity index is 2.07. The summed E-state index contributed by atoms with van der Waals surface area (Å²) in [5, 5.41) is 5.75. The molecule has 0 saturated heterocycles. The van der Waals surface area contributed by atoms with Crippen LogP contribution in [0.4, 0.5) is 5.69 Å². The van der Waals surface area contributed by atoms with Gasteiger partial charge in [-0.1, -0.05) is 26.0 Å². The molecule has 5 nitrogen and oxygen atoms in total. The summed E-state index contributed by atoms with van der Waals surface area (Å²) in [6.45, 7) is 6.61. The Bertz CT molecular complexity index is 758. The Kier molecular flexibility index (Phi) is 7.21. The van der Waals surface area contributed by atoms with Crippen LogP contribution in [0, 0.1) is 0 Å². The highest BCUT2D eigenvalue weighted by atomic mass is 16.5. The highest BCUT2D eigenvalue weighted by Crippen LogP contribution is 2.17. The Morgan fingerprint density at radius 2 is 1.69 bits per heavy atom. The molecule has 2 rings (SSSR count). The van der Waals surface area contributed by atoms with Crippen LogP contribution >= 0.6 is 0 Å². The first-order chi connectivity index (χ1) is 12.5. The number of carbonyl (C=O) groups is 2. The summed E-state index contributed by atoms with van der Waals surface area (Å²) in [5.74, 6) is 0.276. The van der Waals surface area contributed by atoms with Crippen molar-refractivity contribution in [3.8, 4) is 5.75 Å². The standard InChI is InChI=1S/C21H26N2O3/c1-4-12-26-19-11-7-9-17(14-19)21(25)23-18-10-6-8-16(13-18)20(24)22-15(3)5-2/h6-11,13-15H,4-5,12H2,1-3H3,(H,22,24)(H,23,25)/t15-/m0/s1. The maximum Gasteiger partial charge on any atom is 0.255 e. The summed E-state index contributed by atoms with van der Waals surface area (Å²) in [4.78, 5) is 24.7. The largest absolute Gasteiger partial charge is 0.494 e. The van der Waals surface area contributed by atoms with Gasteiger partial charge in [0.2, 0.25) is 0 Å². The second kappa shape index (κ2) is 9.61. The minimum atomic E-state index is -0.244. The van der Waals surface area contributed by atoms with Gasteiger partial charge in [-0.25, -0.2) is 0 Å². The van der Waals surface area contributed by atoms with E-state index < -0.39 is 0 Å². The van der Waals surface area contributed by atoms with Crippen LogP contribution < -0.4 is 15.4 Å². The molecule has 5 heteroatoms. The number of amides is 2. The van der Waals surface area contributed by atoms with Gasteiger partial charge in [0.05, 0.1) is 6.61 Å². The molecule has 0 aromatic heterocycles. The zero-order valence-corrected chi connectivity index (χ0v) is 15.5. The van der Waals surface area contributed by atoms with Gasteiger partial charge in [0.1, 0.15) is 5.75 Å². The fourth-order valence-electron chi connectivity index (χ4n) is 2.30. The number of rotatable bonds is 8. The highest BCUT2D eigenvalue weighted by Gasteiger charge is 2.11. The molecular formula is C21H26N2O3. The lowest BCUT2D eigenvalue weighted by molar-refractivity contribution is 0.0938. The normalized spacial score (nSPS) is 11.5. The van der Waals surface area contributed by atoms with Crippen LogP contribution in [-0.2, 0) is 0 Å². The van der Waals surface area contributed by atoms with E-state index in [4.69, 9.17) is 4.74 Å². The van der Waals surface area contributed by atoms with Gasteiger partial charge in [-0.15, -0.1) is 0 Å². The average Bonchev–Trinajstić information content (AvgIpc) is 2.66. The van der Waals surface area contributed by atoms with E-state index >= 15 is 0 Å². The van der Waals surface area contributed by atoms with Gasteiger partial charge in [0.15, 0.2) is 0 Å². The summed E-state index contributed by atoms with van der Waals surface area (Å²) in [7, 11) is 0. The summed E-state index contributed by atoms with van der Waals surface area (Å²) >= 11 is 0. The molecule has 0 unspecified atom stereocenters. The molecule has 1 atom stereocenters. The molecule has 0 heterocycles. The number of nitrogens with one attached hydrogen (secondary N) is 2. The average molecular weight is 354 g/mol. The van der Waals surface area contributed by atoms with E-state index in [1.807, 2.05) is 26.8 Å². The third-order valence-electron chi connectivity index (χ3n) is 3.94. The summed E-state index contributed by atoms with van der Waals surface area (Å²) in [6.07, 6.45) is 1.76. The summed E-state index contributed by atoms with van der Waals surface area (Å²) in [6, 6.07) is 14.1. The third kappa shape index (κ3) is 5.62. The van der Waals surface area contributed by atoms with Crippen LogP contribution in [0.25, 0.3) is 0 Å². The summed E-state index contributed by atoms with van der Waals surface area (Å²) < 4.78 is 5.56. The number of ether oxygens (including phenoxy) is 1. The van der Waals surface area contributed by atoms with Crippen molar-refractivity contribution in [2.75, 3.05) is 11.9 Å². The molecule has 2 N–H and O–H groups in total. The number of carbonyl (C=O) groups excluding carboxylic acids is 2. The minimum absolute atomic E-state index is 0.103.